The summed E-state index contributed by atoms with van der Waals surface area (Å²) in [5.41, 5.74) is 5.25. The number of benzene rings is 2. The van der Waals surface area contributed by atoms with E-state index in [1.165, 1.54) is 30.7 Å². The third-order valence-corrected chi connectivity index (χ3v) is 9.33. The number of nitrogens with one attached hydrogen (secondary N) is 2. The number of hydrogen-bond donors (Lipinski definition) is 2. The molecule has 2 atom stereocenters. The standard InChI is InChI=1S/C29H28N4O2S2/c1-18-13-20(16-30-15-18)19(2)32-21-8-9-25-27(14-21)36-26-7-3-5-22(28(26)37-25)24-17-33(11-12-35-24)23-6-4-10-31-29(23)34/h3-10,13-16,19,24,32H,11-12,17H2,1-2H3,(H,31,34). The quantitative estimate of drug-likeness (QED) is 0.272. The van der Waals surface area contributed by atoms with Crippen molar-refractivity contribution >= 4 is 34.9 Å². The van der Waals surface area contributed by atoms with E-state index in [0.717, 1.165) is 11.3 Å². The zero-order valence-corrected chi connectivity index (χ0v) is 22.4. The molecule has 1 fully saturated rings. The second-order valence-electron chi connectivity index (χ2n) is 9.39. The summed E-state index contributed by atoms with van der Waals surface area (Å²) in [5, 5.41) is 3.63. The van der Waals surface area contributed by atoms with E-state index in [1.54, 1.807) is 29.7 Å². The molecule has 2 aliphatic rings. The van der Waals surface area contributed by atoms with Crippen molar-refractivity contribution in [3.8, 4) is 0 Å². The van der Waals surface area contributed by atoms with Gasteiger partial charge in [-0.2, -0.15) is 0 Å². The van der Waals surface area contributed by atoms with Crippen molar-refractivity contribution in [2.75, 3.05) is 29.9 Å². The van der Waals surface area contributed by atoms with Crippen molar-refractivity contribution in [2.24, 2.45) is 0 Å². The van der Waals surface area contributed by atoms with E-state index in [1.807, 2.05) is 24.5 Å². The van der Waals surface area contributed by atoms with E-state index in [-0.39, 0.29) is 17.7 Å². The lowest BCUT2D eigenvalue weighted by atomic mass is 10.1. The van der Waals surface area contributed by atoms with Crippen LogP contribution >= 0.6 is 23.5 Å². The molecule has 2 aromatic heterocycles. The Balaban J connectivity index is 1.22. The molecular formula is C29H28N4O2S2. The van der Waals surface area contributed by atoms with Gasteiger partial charge < -0.3 is 19.9 Å². The molecule has 0 spiro atoms. The number of nitrogens with zero attached hydrogens (tertiary/aromatic N) is 2. The Hall–Kier alpha value is -3.20. The van der Waals surface area contributed by atoms with Gasteiger partial charge in [0.2, 0.25) is 0 Å². The van der Waals surface area contributed by atoms with Crippen LogP contribution in [0.25, 0.3) is 0 Å². The molecular weight excluding hydrogens is 500 g/mol. The summed E-state index contributed by atoms with van der Waals surface area (Å²) >= 11 is 3.61. The van der Waals surface area contributed by atoms with Gasteiger partial charge in [-0.3, -0.25) is 9.78 Å². The number of ether oxygens (including phenoxy) is 1. The van der Waals surface area contributed by atoms with Crippen LogP contribution in [0.5, 0.6) is 0 Å². The number of rotatable bonds is 5. The van der Waals surface area contributed by atoms with Crippen LogP contribution in [-0.4, -0.2) is 29.7 Å². The smallest absolute Gasteiger partial charge is 0.271 e. The van der Waals surface area contributed by atoms with Gasteiger partial charge in [0.05, 0.1) is 12.6 Å². The molecule has 188 valence electrons. The zero-order valence-electron chi connectivity index (χ0n) is 20.7. The van der Waals surface area contributed by atoms with Crippen molar-refractivity contribution < 1.29 is 4.74 Å². The van der Waals surface area contributed by atoms with Gasteiger partial charge in [-0.15, -0.1) is 0 Å². The first-order valence-corrected chi connectivity index (χ1v) is 14.0. The first kappa shape index (κ1) is 24.2. The SMILES string of the molecule is Cc1cncc(C(C)Nc2ccc3c(c2)Sc2cccc(C4CN(c5ccc[nH]c5=O)CCO4)c2S3)c1. The fraction of sp³-hybridized carbons (Fsp3) is 0.241. The lowest BCUT2D eigenvalue weighted by Crippen LogP contribution is -2.41. The third kappa shape index (κ3) is 5.01. The van der Waals surface area contributed by atoms with Gasteiger partial charge in [-0.1, -0.05) is 41.7 Å². The topological polar surface area (TPSA) is 70.2 Å². The van der Waals surface area contributed by atoms with E-state index < -0.39 is 0 Å². The largest absolute Gasteiger partial charge is 0.378 e. The Morgan fingerprint density at radius 2 is 2.00 bits per heavy atom. The molecule has 0 amide bonds. The summed E-state index contributed by atoms with van der Waals surface area (Å²) < 4.78 is 6.23. The van der Waals surface area contributed by atoms with Gasteiger partial charge in [0.25, 0.3) is 5.56 Å². The van der Waals surface area contributed by atoms with Crippen LogP contribution in [0.4, 0.5) is 11.4 Å². The molecule has 6 rings (SSSR count). The number of aromatic nitrogens is 2. The van der Waals surface area contributed by atoms with Crippen LogP contribution in [0.3, 0.4) is 0 Å². The molecule has 4 aromatic rings. The molecule has 0 aliphatic carbocycles. The number of aromatic amines is 1. The third-order valence-electron chi connectivity index (χ3n) is 6.72. The summed E-state index contributed by atoms with van der Waals surface area (Å²) in [5.74, 6) is 0. The molecule has 6 nitrogen and oxygen atoms in total. The first-order chi connectivity index (χ1) is 18.0. The lowest BCUT2D eigenvalue weighted by molar-refractivity contribution is 0.0378. The van der Waals surface area contributed by atoms with Crippen molar-refractivity contribution in [3.05, 3.63) is 100 Å². The maximum atomic E-state index is 12.4. The Bertz CT molecular complexity index is 1510. The fourth-order valence-corrected chi connectivity index (χ4v) is 7.28. The maximum absolute atomic E-state index is 12.4. The number of aryl methyl sites for hydroxylation is 1. The molecule has 2 aliphatic heterocycles. The van der Waals surface area contributed by atoms with Gasteiger partial charge in [0.15, 0.2) is 0 Å². The van der Waals surface area contributed by atoms with Gasteiger partial charge in [-0.05, 0) is 66.9 Å². The van der Waals surface area contributed by atoms with Crippen LogP contribution < -0.4 is 15.8 Å². The predicted octanol–water partition coefficient (Wildman–Crippen LogP) is 6.45. The Labute approximate surface area is 224 Å². The minimum absolute atomic E-state index is 0.0607. The molecule has 1 saturated heterocycles. The minimum Gasteiger partial charge on any atom is -0.378 e. The molecule has 37 heavy (non-hydrogen) atoms. The van der Waals surface area contributed by atoms with Crippen LogP contribution in [0.15, 0.2) is 97.6 Å². The van der Waals surface area contributed by atoms with Crippen LogP contribution in [0.1, 0.15) is 35.8 Å². The van der Waals surface area contributed by atoms with Gasteiger partial charge in [0, 0.05) is 56.9 Å². The number of pyridine rings is 2. The average Bonchev–Trinajstić information content (AvgIpc) is 2.92. The van der Waals surface area contributed by atoms with Crippen molar-refractivity contribution in [1.29, 1.82) is 0 Å². The number of morpholine rings is 1. The zero-order chi connectivity index (χ0) is 25.4. The van der Waals surface area contributed by atoms with E-state index in [4.69, 9.17) is 4.74 Å². The average molecular weight is 529 g/mol. The Morgan fingerprint density at radius 1 is 1.08 bits per heavy atom. The molecule has 8 heteroatoms. The molecule has 2 N–H and O–H groups in total. The molecule has 0 bridgehead atoms. The van der Waals surface area contributed by atoms with E-state index in [9.17, 15) is 4.79 Å². The fourth-order valence-electron chi connectivity index (χ4n) is 4.83. The molecule has 2 unspecified atom stereocenters. The van der Waals surface area contributed by atoms with Gasteiger partial charge >= 0.3 is 0 Å². The highest BCUT2D eigenvalue weighted by Gasteiger charge is 2.29. The summed E-state index contributed by atoms with van der Waals surface area (Å²) in [4.78, 5) is 26.6. The second kappa shape index (κ2) is 10.3. The van der Waals surface area contributed by atoms with Crippen LogP contribution in [0.2, 0.25) is 0 Å². The van der Waals surface area contributed by atoms with Crippen molar-refractivity contribution in [1.82, 2.24) is 9.97 Å². The number of fused-ring (bicyclic) bond motifs is 2. The summed E-state index contributed by atoms with van der Waals surface area (Å²) in [6.07, 6.45) is 5.38. The van der Waals surface area contributed by atoms with Crippen LogP contribution in [-0.2, 0) is 4.74 Å². The van der Waals surface area contributed by atoms with Crippen molar-refractivity contribution in [2.45, 2.75) is 45.6 Å². The van der Waals surface area contributed by atoms with E-state index in [0.29, 0.717) is 25.4 Å². The molecule has 2 aromatic carbocycles. The highest BCUT2D eigenvalue weighted by molar-refractivity contribution is 8.05. The van der Waals surface area contributed by atoms with Gasteiger partial charge in [-0.25, -0.2) is 0 Å². The molecule has 4 heterocycles. The normalized spacial score (nSPS) is 17.6. The Kier molecular flexibility index (Phi) is 6.71. The Morgan fingerprint density at radius 3 is 2.86 bits per heavy atom. The van der Waals surface area contributed by atoms with E-state index in [2.05, 4.69) is 76.5 Å². The van der Waals surface area contributed by atoms with Crippen LogP contribution in [0, 0.1) is 6.92 Å². The lowest BCUT2D eigenvalue weighted by Gasteiger charge is -2.35. The van der Waals surface area contributed by atoms with Gasteiger partial charge in [0.1, 0.15) is 11.8 Å². The number of hydrogen-bond acceptors (Lipinski definition) is 7. The number of H-pyrrole nitrogens is 1. The molecule has 0 radical (unpaired) electrons. The summed E-state index contributed by atoms with van der Waals surface area (Å²) in [7, 11) is 0. The highest BCUT2D eigenvalue weighted by atomic mass is 32.2. The maximum Gasteiger partial charge on any atom is 0.271 e. The molecule has 0 saturated carbocycles. The second-order valence-corrected chi connectivity index (χ2v) is 11.5. The monoisotopic (exact) mass is 528 g/mol. The van der Waals surface area contributed by atoms with Crippen molar-refractivity contribution in [3.63, 3.8) is 0 Å². The predicted molar refractivity (Wildman–Crippen MR) is 150 cm³/mol. The highest BCUT2D eigenvalue weighted by Crippen LogP contribution is 2.52. The minimum atomic E-state index is -0.0947. The summed E-state index contributed by atoms with van der Waals surface area (Å²) in [6, 6.07) is 19.1. The van der Waals surface area contributed by atoms with E-state index >= 15 is 0 Å². The summed E-state index contributed by atoms with van der Waals surface area (Å²) in [6.45, 7) is 6.17. The first-order valence-electron chi connectivity index (χ1n) is 12.4. The number of anilines is 2.